The first kappa shape index (κ1) is 12.5. The van der Waals surface area contributed by atoms with Crippen molar-refractivity contribution in [2.45, 2.75) is 43.5 Å². The minimum absolute atomic E-state index is 0.564. The first-order valence-electron chi connectivity index (χ1n) is 5.38. The normalized spacial score (nSPS) is 14.9. The van der Waals surface area contributed by atoms with Gasteiger partial charge in [-0.05, 0) is 19.9 Å². The Morgan fingerprint density at radius 1 is 1.40 bits per heavy atom. The largest absolute Gasteiger partial charge is 0.314 e. The number of nitrogens with one attached hydrogen (secondary N) is 1. The summed E-state index contributed by atoms with van der Waals surface area (Å²) in [5.74, 6) is 0. The Balaban J connectivity index is 2.33. The van der Waals surface area contributed by atoms with Crippen molar-refractivity contribution in [2.24, 2.45) is 0 Å². The zero-order valence-electron chi connectivity index (χ0n) is 9.60. The molecule has 0 aromatic carbocycles. The molecule has 0 aliphatic carbocycles. The molecule has 1 aromatic heterocycles. The molecule has 0 aliphatic heterocycles. The molecule has 2 atom stereocenters. The molecule has 0 spiro atoms. The van der Waals surface area contributed by atoms with E-state index < -0.39 is 0 Å². The average molecular weight is 225 g/mol. The van der Waals surface area contributed by atoms with Crippen LogP contribution in [0.5, 0.6) is 0 Å². The Morgan fingerprint density at radius 3 is 2.80 bits per heavy atom. The van der Waals surface area contributed by atoms with E-state index in [0.717, 1.165) is 18.0 Å². The highest BCUT2D eigenvalue weighted by molar-refractivity contribution is 7.99. The van der Waals surface area contributed by atoms with E-state index in [1.54, 1.807) is 24.2 Å². The first-order chi connectivity index (χ1) is 7.22. The minimum Gasteiger partial charge on any atom is -0.314 e. The van der Waals surface area contributed by atoms with Crippen molar-refractivity contribution in [1.82, 2.24) is 15.3 Å². The van der Waals surface area contributed by atoms with Crippen LogP contribution < -0.4 is 5.32 Å². The van der Waals surface area contributed by atoms with Gasteiger partial charge in [-0.15, -0.1) is 11.8 Å². The Hall–Kier alpha value is -0.610. The van der Waals surface area contributed by atoms with E-state index in [4.69, 9.17) is 0 Å². The van der Waals surface area contributed by atoms with Crippen molar-refractivity contribution in [2.75, 3.05) is 6.54 Å². The topological polar surface area (TPSA) is 37.8 Å². The van der Waals surface area contributed by atoms with E-state index >= 15 is 0 Å². The average Bonchev–Trinajstić information content (AvgIpc) is 2.19. The molecule has 4 heteroatoms. The highest BCUT2D eigenvalue weighted by Gasteiger charge is 2.09. The van der Waals surface area contributed by atoms with Gasteiger partial charge in [-0.3, -0.25) is 4.98 Å². The number of aromatic nitrogens is 2. The van der Waals surface area contributed by atoms with Crippen molar-refractivity contribution in [1.29, 1.82) is 0 Å². The molecule has 84 valence electrons. The molecule has 1 aromatic rings. The van der Waals surface area contributed by atoms with Crippen LogP contribution in [0.1, 0.15) is 27.2 Å². The summed E-state index contributed by atoms with van der Waals surface area (Å²) in [4.78, 5) is 8.31. The zero-order valence-corrected chi connectivity index (χ0v) is 10.4. The van der Waals surface area contributed by atoms with Gasteiger partial charge in [0.1, 0.15) is 5.03 Å². The summed E-state index contributed by atoms with van der Waals surface area (Å²) >= 11 is 1.78. The van der Waals surface area contributed by atoms with Crippen molar-refractivity contribution in [3.63, 3.8) is 0 Å². The van der Waals surface area contributed by atoms with Gasteiger partial charge in [0.25, 0.3) is 0 Å². The number of nitrogens with zero attached hydrogens (tertiary/aromatic N) is 2. The lowest BCUT2D eigenvalue weighted by atomic mass is 10.2. The first-order valence-corrected chi connectivity index (χ1v) is 6.26. The van der Waals surface area contributed by atoms with Crippen LogP contribution in [0.15, 0.2) is 23.6 Å². The fraction of sp³-hybridized carbons (Fsp3) is 0.636. The maximum atomic E-state index is 4.25. The van der Waals surface area contributed by atoms with E-state index in [9.17, 15) is 0 Å². The van der Waals surface area contributed by atoms with Gasteiger partial charge in [-0.25, -0.2) is 4.98 Å². The van der Waals surface area contributed by atoms with Crippen LogP contribution in [-0.4, -0.2) is 27.8 Å². The second-order valence-corrected chi connectivity index (χ2v) is 5.13. The lowest BCUT2D eigenvalue weighted by Gasteiger charge is -2.16. The summed E-state index contributed by atoms with van der Waals surface area (Å²) in [6.45, 7) is 7.62. The summed E-state index contributed by atoms with van der Waals surface area (Å²) in [6.07, 6.45) is 6.41. The fourth-order valence-corrected chi connectivity index (χ4v) is 2.57. The summed E-state index contributed by atoms with van der Waals surface area (Å²) in [6, 6.07) is 0.564. The van der Waals surface area contributed by atoms with E-state index in [1.807, 2.05) is 6.20 Å². The summed E-state index contributed by atoms with van der Waals surface area (Å²) in [5.41, 5.74) is 0. The van der Waals surface area contributed by atoms with Gasteiger partial charge < -0.3 is 5.32 Å². The summed E-state index contributed by atoms with van der Waals surface area (Å²) < 4.78 is 0. The predicted octanol–water partition coefficient (Wildman–Crippen LogP) is 2.35. The van der Waals surface area contributed by atoms with Crippen LogP contribution in [0, 0.1) is 0 Å². The highest BCUT2D eigenvalue weighted by Crippen LogP contribution is 2.22. The van der Waals surface area contributed by atoms with Crippen molar-refractivity contribution in [3.05, 3.63) is 18.6 Å². The molecule has 2 unspecified atom stereocenters. The molecule has 1 N–H and O–H groups in total. The lowest BCUT2D eigenvalue weighted by Crippen LogP contribution is -2.28. The molecule has 15 heavy (non-hydrogen) atoms. The molecule has 0 amide bonds. The molecule has 0 aliphatic rings. The molecule has 0 saturated carbocycles. The number of hydrogen-bond donors (Lipinski definition) is 1. The Bertz CT molecular complexity index is 266. The van der Waals surface area contributed by atoms with E-state index in [1.165, 1.54) is 0 Å². The van der Waals surface area contributed by atoms with Gasteiger partial charge in [-0.2, -0.15) is 0 Å². The standard InChI is InChI=1S/C11H19N3S/c1-4-13-9(2)7-10(3)15-11-8-12-5-6-14-11/h5-6,8-10,13H,4,7H2,1-3H3. The molecule has 0 bridgehead atoms. The summed E-state index contributed by atoms with van der Waals surface area (Å²) in [7, 11) is 0. The maximum Gasteiger partial charge on any atom is 0.115 e. The molecule has 3 nitrogen and oxygen atoms in total. The summed E-state index contributed by atoms with van der Waals surface area (Å²) in [5, 5.41) is 4.99. The van der Waals surface area contributed by atoms with Gasteiger partial charge in [0.15, 0.2) is 0 Å². The van der Waals surface area contributed by atoms with Crippen molar-refractivity contribution < 1.29 is 0 Å². The highest BCUT2D eigenvalue weighted by atomic mass is 32.2. The number of rotatable bonds is 6. The molecular formula is C11H19N3S. The van der Waals surface area contributed by atoms with E-state index in [-0.39, 0.29) is 0 Å². The SMILES string of the molecule is CCNC(C)CC(C)Sc1cnccn1. The molecule has 0 radical (unpaired) electrons. The molecular weight excluding hydrogens is 206 g/mol. The third-order valence-corrected chi connectivity index (χ3v) is 3.15. The molecule has 1 heterocycles. The predicted molar refractivity (Wildman–Crippen MR) is 65.1 cm³/mol. The Labute approximate surface area is 96.1 Å². The van der Waals surface area contributed by atoms with Crippen LogP contribution in [0.25, 0.3) is 0 Å². The molecule has 0 saturated heterocycles. The zero-order chi connectivity index (χ0) is 11.1. The van der Waals surface area contributed by atoms with Crippen molar-refractivity contribution in [3.8, 4) is 0 Å². The Morgan fingerprint density at radius 2 is 2.20 bits per heavy atom. The Kier molecular flexibility index (Phi) is 5.65. The number of thioether (sulfide) groups is 1. The van der Waals surface area contributed by atoms with E-state index in [0.29, 0.717) is 11.3 Å². The second kappa shape index (κ2) is 6.80. The fourth-order valence-electron chi connectivity index (χ4n) is 1.53. The van der Waals surface area contributed by atoms with Crippen LogP contribution >= 0.6 is 11.8 Å². The van der Waals surface area contributed by atoms with E-state index in [2.05, 4.69) is 36.1 Å². The minimum atomic E-state index is 0.564. The van der Waals surface area contributed by atoms with Crippen molar-refractivity contribution >= 4 is 11.8 Å². The number of hydrogen-bond acceptors (Lipinski definition) is 4. The van der Waals surface area contributed by atoms with Crippen LogP contribution in [0.3, 0.4) is 0 Å². The van der Waals surface area contributed by atoms with Gasteiger partial charge in [0, 0.05) is 23.7 Å². The lowest BCUT2D eigenvalue weighted by molar-refractivity contribution is 0.530. The molecule has 1 rings (SSSR count). The monoisotopic (exact) mass is 225 g/mol. The van der Waals surface area contributed by atoms with Gasteiger partial charge in [0.05, 0.1) is 6.20 Å². The van der Waals surface area contributed by atoms with Gasteiger partial charge in [0.2, 0.25) is 0 Å². The van der Waals surface area contributed by atoms with Gasteiger partial charge >= 0.3 is 0 Å². The maximum absolute atomic E-state index is 4.25. The second-order valence-electron chi connectivity index (χ2n) is 3.67. The van der Waals surface area contributed by atoms with Crippen LogP contribution in [0.2, 0.25) is 0 Å². The van der Waals surface area contributed by atoms with Gasteiger partial charge in [-0.1, -0.05) is 13.8 Å². The molecule has 0 fully saturated rings. The quantitative estimate of drug-likeness (QED) is 0.754. The third kappa shape index (κ3) is 5.14. The van der Waals surface area contributed by atoms with Crippen LogP contribution in [-0.2, 0) is 0 Å². The third-order valence-electron chi connectivity index (χ3n) is 2.10. The van der Waals surface area contributed by atoms with Crippen LogP contribution in [0.4, 0.5) is 0 Å². The smallest absolute Gasteiger partial charge is 0.115 e.